The van der Waals surface area contributed by atoms with Crippen LogP contribution in [0, 0.1) is 0 Å². The first kappa shape index (κ1) is 11.7. The number of hydrogen-bond acceptors (Lipinski definition) is 4. The molecule has 0 aliphatic carbocycles. The minimum atomic E-state index is 0.0532. The summed E-state index contributed by atoms with van der Waals surface area (Å²) < 4.78 is 10.6. The molecule has 1 unspecified atom stereocenters. The van der Waals surface area contributed by atoms with Crippen molar-refractivity contribution in [1.29, 1.82) is 0 Å². The molecule has 4 nitrogen and oxygen atoms in total. The van der Waals surface area contributed by atoms with Gasteiger partial charge in [0.1, 0.15) is 5.75 Å². The lowest BCUT2D eigenvalue weighted by Crippen LogP contribution is -2.29. The predicted octanol–water partition coefficient (Wildman–Crippen LogP) is 2.25. The van der Waals surface area contributed by atoms with Crippen molar-refractivity contribution in [1.82, 2.24) is 5.43 Å². The normalized spacial score (nSPS) is 12.3. The summed E-state index contributed by atoms with van der Waals surface area (Å²) >= 11 is 0. The van der Waals surface area contributed by atoms with Crippen LogP contribution in [0.5, 0.6) is 5.75 Å². The molecule has 0 radical (unpaired) electrons. The zero-order valence-corrected chi connectivity index (χ0v) is 9.50. The standard InChI is InChI=1S/C13H16N2O2/c14-15-13(11-6-8-16-10-11)7-9-17-12-4-2-1-3-5-12/h1-6,8,10,13,15H,7,9,14H2. The number of nitrogens with one attached hydrogen (secondary N) is 1. The van der Waals surface area contributed by atoms with E-state index in [4.69, 9.17) is 15.0 Å². The Morgan fingerprint density at radius 1 is 1.24 bits per heavy atom. The van der Waals surface area contributed by atoms with E-state index < -0.39 is 0 Å². The first-order chi connectivity index (χ1) is 8.40. The van der Waals surface area contributed by atoms with Gasteiger partial charge >= 0.3 is 0 Å². The van der Waals surface area contributed by atoms with E-state index in [9.17, 15) is 0 Å². The van der Waals surface area contributed by atoms with Gasteiger partial charge in [0.2, 0.25) is 0 Å². The van der Waals surface area contributed by atoms with Crippen molar-refractivity contribution >= 4 is 0 Å². The molecule has 17 heavy (non-hydrogen) atoms. The zero-order chi connectivity index (χ0) is 11.9. The van der Waals surface area contributed by atoms with Gasteiger partial charge in [-0.05, 0) is 18.2 Å². The second-order valence-electron chi connectivity index (χ2n) is 3.73. The Kier molecular flexibility index (Phi) is 4.18. The molecule has 0 aliphatic heterocycles. The summed E-state index contributed by atoms with van der Waals surface area (Å²) in [4.78, 5) is 0. The van der Waals surface area contributed by atoms with E-state index in [1.807, 2.05) is 36.4 Å². The van der Waals surface area contributed by atoms with Crippen LogP contribution in [-0.4, -0.2) is 6.61 Å². The molecule has 1 aromatic carbocycles. The van der Waals surface area contributed by atoms with Crippen LogP contribution >= 0.6 is 0 Å². The number of ether oxygens (including phenoxy) is 1. The molecule has 90 valence electrons. The van der Waals surface area contributed by atoms with Gasteiger partial charge in [-0.25, -0.2) is 0 Å². The van der Waals surface area contributed by atoms with Crippen LogP contribution in [0.15, 0.2) is 53.3 Å². The summed E-state index contributed by atoms with van der Waals surface area (Å²) in [6, 6.07) is 11.7. The van der Waals surface area contributed by atoms with Crippen LogP contribution in [0.3, 0.4) is 0 Å². The van der Waals surface area contributed by atoms with Crippen molar-refractivity contribution in [3.05, 3.63) is 54.5 Å². The van der Waals surface area contributed by atoms with Crippen LogP contribution in [0.25, 0.3) is 0 Å². The Morgan fingerprint density at radius 3 is 2.71 bits per heavy atom. The van der Waals surface area contributed by atoms with E-state index in [0.29, 0.717) is 6.61 Å². The molecule has 0 saturated heterocycles. The average molecular weight is 232 g/mol. The first-order valence-corrected chi connectivity index (χ1v) is 5.56. The maximum atomic E-state index is 5.61. The third-order valence-electron chi connectivity index (χ3n) is 2.57. The molecule has 1 aromatic heterocycles. The molecule has 0 saturated carbocycles. The van der Waals surface area contributed by atoms with E-state index in [0.717, 1.165) is 17.7 Å². The van der Waals surface area contributed by atoms with Crippen LogP contribution in [0.2, 0.25) is 0 Å². The Balaban J connectivity index is 1.81. The molecule has 0 fully saturated rings. The summed E-state index contributed by atoms with van der Waals surface area (Å²) in [7, 11) is 0. The van der Waals surface area contributed by atoms with E-state index in [1.54, 1.807) is 12.5 Å². The van der Waals surface area contributed by atoms with Gasteiger partial charge in [-0.2, -0.15) is 0 Å². The second-order valence-corrected chi connectivity index (χ2v) is 3.73. The lowest BCUT2D eigenvalue weighted by atomic mass is 10.1. The third-order valence-corrected chi connectivity index (χ3v) is 2.57. The number of furan rings is 1. The third kappa shape index (κ3) is 3.34. The fourth-order valence-electron chi connectivity index (χ4n) is 1.63. The summed E-state index contributed by atoms with van der Waals surface area (Å²) in [6.07, 6.45) is 4.11. The topological polar surface area (TPSA) is 60.4 Å². The molecular weight excluding hydrogens is 216 g/mol. The fraction of sp³-hybridized carbons (Fsp3) is 0.231. The van der Waals surface area contributed by atoms with Crippen LogP contribution in [-0.2, 0) is 0 Å². The molecule has 0 amide bonds. The number of para-hydroxylation sites is 1. The quantitative estimate of drug-likeness (QED) is 0.592. The number of hydrazine groups is 1. The van der Waals surface area contributed by atoms with Crippen molar-refractivity contribution in [2.24, 2.45) is 5.84 Å². The van der Waals surface area contributed by atoms with Gasteiger partial charge in [0, 0.05) is 12.0 Å². The van der Waals surface area contributed by atoms with Gasteiger partial charge in [-0.3, -0.25) is 11.3 Å². The predicted molar refractivity (Wildman–Crippen MR) is 65.3 cm³/mol. The average Bonchev–Trinajstić information content (AvgIpc) is 2.90. The molecule has 1 heterocycles. The Hall–Kier alpha value is -1.78. The molecule has 2 aromatic rings. The highest BCUT2D eigenvalue weighted by atomic mass is 16.5. The van der Waals surface area contributed by atoms with Crippen molar-refractivity contribution in [2.75, 3.05) is 6.61 Å². The van der Waals surface area contributed by atoms with Crippen LogP contribution in [0.4, 0.5) is 0 Å². The SMILES string of the molecule is NNC(CCOc1ccccc1)c1ccoc1. The second kappa shape index (κ2) is 6.08. The minimum absolute atomic E-state index is 0.0532. The molecule has 4 heteroatoms. The van der Waals surface area contributed by atoms with Gasteiger partial charge in [-0.15, -0.1) is 0 Å². The zero-order valence-electron chi connectivity index (χ0n) is 9.50. The molecule has 1 atom stereocenters. The van der Waals surface area contributed by atoms with Crippen molar-refractivity contribution < 1.29 is 9.15 Å². The van der Waals surface area contributed by atoms with Crippen molar-refractivity contribution in [3.63, 3.8) is 0 Å². The van der Waals surface area contributed by atoms with Gasteiger partial charge in [0.05, 0.1) is 25.2 Å². The number of benzene rings is 1. The summed E-state index contributed by atoms with van der Waals surface area (Å²) in [5.41, 5.74) is 3.78. The summed E-state index contributed by atoms with van der Waals surface area (Å²) in [5, 5.41) is 0. The van der Waals surface area contributed by atoms with Crippen LogP contribution < -0.4 is 16.0 Å². The number of nitrogens with two attached hydrogens (primary N) is 1. The molecule has 3 N–H and O–H groups in total. The van der Waals surface area contributed by atoms with E-state index in [1.165, 1.54) is 0 Å². The van der Waals surface area contributed by atoms with E-state index in [-0.39, 0.29) is 6.04 Å². The van der Waals surface area contributed by atoms with Crippen molar-refractivity contribution in [3.8, 4) is 5.75 Å². The van der Waals surface area contributed by atoms with E-state index in [2.05, 4.69) is 5.43 Å². The van der Waals surface area contributed by atoms with Gasteiger partial charge in [-0.1, -0.05) is 18.2 Å². The smallest absolute Gasteiger partial charge is 0.119 e. The summed E-state index contributed by atoms with van der Waals surface area (Å²) in [6.45, 7) is 0.601. The maximum Gasteiger partial charge on any atom is 0.119 e. The summed E-state index contributed by atoms with van der Waals surface area (Å²) in [5.74, 6) is 6.37. The highest BCUT2D eigenvalue weighted by Crippen LogP contribution is 2.17. The maximum absolute atomic E-state index is 5.61. The minimum Gasteiger partial charge on any atom is -0.494 e. The molecular formula is C13H16N2O2. The van der Waals surface area contributed by atoms with Gasteiger partial charge in [0.15, 0.2) is 0 Å². The van der Waals surface area contributed by atoms with Crippen LogP contribution in [0.1, 0.15) is 18.0 Å². The van der Waals surface area contributed by atoms with Crippen molar-refractivity contribution in [2.45, 2.75) is 12.5 Å². The Labute approximate surface area is 100 Å². The molecule has 2 rings (SSSR count). The number of hydrogen-bond donors (Lipinski definition) is 2. The monoisotopic (exact) mass is 232 g/mol. The lowest BCUT2D eigenvalue weighted by Gasteiger charge is -2.14. The number of rotatable bonds is 6. The van der Waals surface area contributed by atoms with Gasteiger partial charge < -0.3 is 9.15 Å². The van der Waals surface area contributed by atoms with E-state index >= 15 is 0 Å². The highest BCUT2D eigenvalue weighted by molar-refractivity contribution is 5.21. The Morgan fingerprint density at radius 2 is 2.06 bits per heavy atom. The molecule has 0 aliphatic rings. The largest absolute Gasteiger partial charge is 0.494 e. The Bertz CT molecular complexity index is 414. The molecule has 0 spiro atoms. The first-order valence-electron chi connectivity index (χ1n) is 5.56. The fourth-order valence-corrected chi connectivity index (χ4v) is 1.63. The van der Waals surface area contributed by atoms with Gasteiger partial charge in [0.25, 0.3) is 0 Å². The lowest BCUT2D eigenvalue weighted by molar-refractivity contribution is 0.287. The molecule has 0 bridgehead atoms. The highest BCUT2D eigenvalue weighted by Gasteiger charge is 2.10.